The van der Waals surface area contributed by atoms with Crippen molar-refractivity contribution >= 4 is 11.6 Å². The van der Waals surface area contributed by atoms with Gasteiger partial charge in [-0.15, -0.1) is 0 Å². The molecule has 18 heavy (non-hydrogen) atoms. The second-order valence-corrected chi connectivity index (χ2v) is 4.49. The maximum atomic E-state index is 6.05. The van der Waals surface area contributed by atoms with Crippen LogP contribution in [0, 0.1) is 0 Å². The highest BCUT2D eigenvalue weighted by Crippen LogP contribution is 2.18. The minimum Gasteiger partial charge on any atom is -0.487 e. The summed E-state index contributed by atoms with van der Waals surface area (Å²) in [4.78, 5) is 4.23. The number of benzene rings is 1. The molecule has 2 aromatic rings. The van der Waals surface area contributed by atoms with Gasteiger partial charge in [0.15, 0.2) is 0 Å². The van der Waals surface area contributed by atoms with Crippen molar-refractivity contribution in [3.8, 4) is 5.75 Å². The maximum Gasteiger partial charge on any atom is 0.138 e. The van der Waals surface area contributed by atoms with E-state index in [1.807, 2.05) is 43.3 Å². The Morgan fingerprint density at radius 1 is 1.28 bits per heavy atom. The summed E-state index contributed by atoms with van der Waals surface area (Å²) >= 11 is 6.05. The standard InChI is InChI=1S/C14H15ClN2O/c1-10(16)14-7-6-12(8-17-14)18-9-11-4-2-3-5-13(11)15/h2-8,10H,9,16H2,1H3/t10-/m0/s1. The maximum absolute atomic E-state index is 6.05. The number of aromatic nitrogens is 1. The number of ether oxygens (including phenoxy) is 1. The molecule has 1 aromatic carbocycles. The Hall–Kier alpha value is -1.58. The van der Waals surface area contributed by atoms with Gasteiger partial charge in [0.2, 0.25) is 0 Å². The molecule has 0 radical (unpaired) electrons. The predicted molar refractivity (Wildman–Crippen MR) is 72.6 cm³/mol. The van der Waals surface area contributed by atoms with Crippen LogP contribution in [0.4, 0.5) is 0 Å². The fourth-order valence-corrected chi connectivity index (χ4v) is 1.71. The van der Waals surface area contributed by atoms with Crippen molar-refractivity contribution in [2.75, 3.05) is 0 Å². The van der Waals surface area contributed by atoms with Crippen LogP contribution in [-0.2, 0) is 6.61 Å². The summed E-state index contributed by atoms with van der Waals surface area (Å²) in [6.45, 7) is 2.32. The van der Waals surface area contributed by atoms with E-state index in [4.69, 9.17) is 22.1 Å². The Morgan fingerprint density at radius 2 is 2.06 bits per heavy atom. The first-order valence-corrected chi connectivity index (χ1v) is 6.12. The van der Waals surface area contributed by atoms with Gasteiger partial charge >= 0.3 is 0 Å². The lowest BCUT2D eigenvalue weighted by Gasteiger charge is -2.09. The first-order chi connectivity index (χ1) is 8.66. The molecule has 0 fully saturated rings. The average molecular weight is 263 g/mol. The third-order valence-corrected chi connectivity index (χ3v) is 2.95. The first kappa shape index (κ1) is 12.9. The lowest BCUT2D eigenvalue weighted by molar-refractivity contribution is 0.305. The van der Waals surface area contributed by atoms with Gasteiger partial charge in [0, 0.05) is 16.6 Å². The zero-order valence-corrected chi connectivity index (χ0v) is 10.9. The van der Waals surface area contributed by atoms with Crippen LogP contribution in [0.1, 0.15) is 24.2 Å². The van der Waals surface area contributed by atoms with Gasteiger partial charge < -0.3 is 10.5 Å². The third kappa shape index (κ3) is 3.22. The quantitative estimate of drug-likeness (QED) is 0.919. The molecule has 0 aliphatic heterocycles. The van der Waals surface area contributed by atoms with Gasteiger partial charge in [-0.05, 0) is 25.1 Å². The predicted octanol–water partition coefficient (Wildman–Crippen LogP) is 3.33. The summed E-state index contributed by atoms with van der Waals surface area (Å²) in [5.74, 6) is 0.708. The number of rotatable bonds is 4. The van der Waals surface area contributed by atoms with E-state index in [0.717, 1.165) is 11.3 Å². The van der Waals surface area contributed by atoms with Crippen molar-refractivity contribution in [2.24, 2.45) is 5.73 Å². The molecule has 1 atom stereocenters. The largest absolute Gasteiger partial charge is 0.487 e. The van der Waals surface area contributed by atoms with Gasteiger partial charge in [-0.2, -0.15) is 0 Å². The van der Waals surface area contributed by atoms with Crippen LogP contribution in [-0.4, -0.2) is 4.98 Å². The number of nitrogens with zero attached hydrogens (tertiary/aromatic N) is 1. The summed E-state index contributed by atoms with van der Waals surface area (Å²) < 4.78 is 5.62. The Kier molecular flexibility index (Phi) is 4.18. The number of halogens is 1. The monoisotopic (exact) mass is 262 g/mol. The molecule has 0 spiro atoms. The second kappa shape index (κ2) is 5.85. The van der Waals surface area contributed by atoms with Gasteiger partial charge in [-0.1, -0.05) is 29.8 Å². The lowest BCUT2D eigenvalue weighted by atomic mass is 10.2. The van der Waals surface area contributed by atoms with E-state index in [1.54, 1.807) is 6.20 Å². The summed E-state index contributed by atoms with van der Waals surface area (Å²) in [6.07, 6.45) is 1.68. The third-order valence-electron chi connectivity index (χ3n) is 2.58. The molecule has 1 aromatic heterocycles. The summed E-state index contributed by atoms with van der Waals surface area (Å²) in [7, 11) is 0. The van der Waals surface area contributed by atoms with Crippen LogP contribution in [0.25, 0.3) is 0 Å². The zero-order chi connectivity index (χ0) is 13.0. The van der Waals surface area contributed by atoms with Crippen LogP contribution >= 0.6 is 11.6 Å². The van der Waals surface area contributed by atoms with Crippen molar-refractivity contribution < 1.29 is 4.74 Å². The highest BCUT2D eigenvalue weighted by atomic mass is 35.5. The molecule has 0 saturated heterocycles. The molecule has 4 heteroatoms. The van der Waals surface area contributed by atoms with E-state index < -0.39 is 0 Å². The van der Waals surface area contributed by atoms with Gasteiger partial charge in [-0.25, -0.2) is 0 Å². The van der Waals surface area contributed by atoms with E-state index >= 15 is 0 Å². The zero-order valence-electron chi connectivity index (χ0n) is 10.1. The molecule has 0 aliphatic carbocycles. The molecule has 0 amide bonds. The van der Waals surface area contributed by atoms with Crippen molar-refractivity contribution in [3.05, 3.63) is 58.9 Å². The molecule has 0 unspecified atom stereocenters. The fourth-order valence-electron chi connectivity index (χ4n) is 1.52. The van der Waals surface area contributed by atoms with E-state index in [9.17, 15) is 0 Å². The van der Waals surface area contributed by atoms with E-state index in [1.165, 1.54) is 0 Å². The molecule has 2 N–H and O–H groups in total. The lowest BCUT2D eigenvalue weighted by Crippen LogP contribution is -2.07. The molecule has 2 rings (SSSR count). The summed E-state index contributed by atoms with van der Waals surface area (Å²) in [5, 5.41) is 0.706. The van der Waals surface area contributed by atoms with Crippen molar-refractivity contribution in [1.29, 1.82) is 0 Å². The first-order valence-electron chi connectivity index (χ1n) is 5.74. The summed E-state index contributed by atoms with van der Waals surface area (Å²) in [5.41, 5.74) is 7.53. The second-order valence-electron chi connectivity index (χ2n) is 4.09. The van der Waals surface area contributed by atoms with Gasteiger partial charge in [-0.3, -0.25) is 4.98 Å². The van der Waals surface area contributed by atoms with Gasteiger partial charge in [0.1, 0.15) is 12.4 Å². The number of nitrogens with two attached hydrogens (primary N) is 1. The molecule has 0 saturated carbocycles. The minimum absolute atomic E-state index is 0.0670. The Morgan fingerprint density at radius 3 is 2.67 bits per heavy atom. The Balaban J connectivity index is 2.00. The molecule has 1 heterocycles. The van der Waals surface area contributed by atoms with E-state index in [0.29, 0.717) is 17.4 Å². The van der Waals surface area contributed by atoms with Crippen LogP contribution < -0.4 is 10.5 Å². The van der Waals surface area contributed by atoms with E-state index in [-0.39, 0.29) is 6.04 Å². The van der Waals surface area contributed by atoms with Crippen LogP contribution in [0.2, 0.25) is 5.02 Å². The van der Waals surface area contributed by atoms with Crippen LogP contribution in [0.15, 0.2) is 42.6 Å². The molecule has 0 aliphatic rings. The molecular formula is C14H15ClN2O. The van der Waals surface area contributed by atoms with Crippen molar-refractivity contribution in [2.45, 2.75) is 19.6 Å². The highest BCUT2D eigenvalue weighted by Gasteiger charge is 2.03. The van der Waals surface area contributed by atoms with Crippen LogP contribution in [0.3, 0.4) is 0 Å². The smallest absolute Gasteiger partial charge is 0.138 e. The Labute approximate surface area is 112 Å². The fraction of sp³-hybridized carbons (Fsp3) is 0.214. The van der Waals surface area contributed by atoms with Crippen molar-refractivity contribution in [1.82, 2.24) is 4.98 Å². The topological polar surface area (TPSA) is 48.1 Å². The minimum atomic E-state index is -0.0670. The van der Waals surface area contributed by atoms with Crippen molar-refractivity contribution in [3.63, 3.8) is 0 Å². The normalized spacial score (nSPS) is 12.2. The number of hydrogen-bond acceptors (Lipinski definition) is 3. The number of pyridine rings is 1. The van der Waals surface area contributed by atoms with Gasteiger partial charge in [0.05, 0.1) is 11.9 Å². The number of hydrogen-bond donors (Lipinski definition) is 1. The molecule has 94 valence electrons. The Bertz CT molecular complexity index is 511. The molecule has 0 bridgehead atoms. The van der Waals surface area contributed by atoms with Gasteiger partial charge in [0.25, 0.3) is 0 Å². The highest BCUT2D eigenvalue weighted by molar-refractivity contribution is 6.31. The SMILES string of the molecule is C[C@H](N)c1ccc(OCc2ccccc2Cl)cn1. The van der Waals surface area contributed by atoms with Crippen LogP contribution in [0.5, 0.6) is 5.75 Å². The van der Waals surface area contributed by atoms with E-state index in [2.05, 4.69) is 4.98 Å². The molecular weight excluding hydrogens is 248 g/mol. The average Bonchev–Trinajstić information content (AvgIpc) is 2.38. The summed E-state index contributed by atoms with van der Waals surface area (Å²) in [6, 6.07) is 11.3. The molecule has 3 nitrogen and oxygen atoms in total.